The maximum Gasteiger partial charge on any atom is 0.355 e. The molecular formula is C18H21N3O5. The standard InChI is InChI=1S/C18H21N3O5/c1-24-17(22)14-10-26-11-21(15(14)18(23)25-2)13-6-4-12(5-7-13)16-19-8-3-9-20-16/h4-7H,3,8-11H2,1-2H3,(H,19,20). The monoisotopic (exact) mass is 359 g/mol. The Labute approximate surface area is 151 Å². The molecule has 0 spiro atoms. The average molecular weight is 359 g/mol. The molecule has 0 atom stereocenters. The highest BCUT2D eigenvalue weighted by molar-refractivity contribution is 6.03. The Morgan fingerprint density at radius 3 is 2.50 bits per heavy atom. The first-order chi connectivity index (χ1) is 12.7. The summed E-state index contributed by atoms with van der Waals surface area (Å²) in [5, 5.41) is 3.27. The molecular weight excluding hydrogens is 338 g/mol. The molecule has 0 bridgehead atoms. The van der Waals surface area contributed by atoms with Crippen LogP contribution in [0.2, 0.25) is 0 Å². The van der Waals surface area contributed by atoms with E-state index in [1.807, 2.05) is 24.3 Å². The van der Waals surface area contributed by atoms with E-state index in [1.165, 1.54) is 14.2 Å². The lowest BCUT2D eigenvalue weighted by Gasteiger charge is -2.31. The smallest absolute Gasteiger partial charge is 0.355 e. The van der Waals surface area contributed by atoms with Gasteiger partial charge >= 0.3 is 11.9 Å². The van der Waals surface area contributed by atoms with Crippen molar-refractivity contribution < 1.29 is 23.8 Å². The molecule has 0 unspecified atom stereocenters. The van der Waals surface area contributed by atoms with Gasteiger partial charge < -0.3 is 24.4 Å². The molecule has 8 nitrogen and oxygen atoms in total. The summed E-state index contributed by atoms with van der Waals surface area (Å²) >= 11 is 0. The van der Waals surface area contributed by atoms with E-state index in [4.69, 9.17) is 14.2 Å². The first-order valence-corrected chi connectivity index (χ1v) is 8.29. The van der Waals surface area contributed by atoms with E-state index in [2.05, 4.69) is 10.3 Å². The maximum atomic E-state index is 12.3. The zero-order chi connectivity index (χ0) is 18.5. The number of esters is 2. The second kappa shape index (κ2) is 8.01. The quantitative estimate of drug-likeness (QED) is 0.796. The number of hydrogen-bond donors (Lipinski definition) is 1. The van der Waals surface area contributed by atoms with Crippen molar-refractivity contribution in [1.82, 2.24) is 5.32 Å². The van der Waals surface area contributed by atoms with Gasteiger partial charge in [0.05, 0.1) is 26.4 Å². The van der Waals surface area contributed by atoms with E-state index in [-0.39, 0.29) is 24.6 Å². The molecule has 0 fully saturated rings. The number of amidine groups is 1. The van der Waals surface area contributed by atoms with Crippen molar-refractivity contribution in [2.45, 2.75) is 6.42 Å². The zero-order valence-electron chi connectivity index (χ0n) is 14.8. The van der Waals surface area contributed by atoms with Crippen molar-refractivity contribution in [1.29, 1.82) is 0 Å². The molecule has 2 heterocycles. The molecule has 0 aliphatic carbocycles. The van der Waals surface area contributed by atoms with Gasteiger partial charge in [0.15, 0.2) is 0 Å². The summed E-state index contributed by atoms with van der Waals surface area (Å²) in [6.45, 7) is 1.83. The third-order valence-electron chi connectivity index (χ3n) is 4.18. The molecule has 0 saturated heterocycles. The van der Waals surface area contributed by atoms with E-state index in [0.29, 0.717) is 5.69 Å². The third kappa shape index (κ3) is 3.55. The number of methoxy groups -OCH3 is 2. The summed E-state index contributed by atoms with van der Waals surface area (Å²) in [6, 6.07) is 7.52. The van der Waals surface area contributed by atoms with Crippen LogP contribution in [0.3, 0.4) is 0 Å². The molecule has 1 aromatic carbocycles. The summed E-state index contributed by atoms with van der Waals surface area (Å²) in [4.78, 5) is 30.4. The summed E-state index contributed by atoms with van der Waals surface area (Å²) in [5.74, 6) is -0.375. The molecule has 138 valence electrons. The Morgan fingerprint density at radius 1 is 1.15 bits per heavy atom. The number of nitrogens with one attached hydrogen (secondary N) is 1. The Bertz CT molecular complexity index is 755. The SMILES string of the molecule is COC(=O)C1=C(C(=O)OC)N(c2ccc(C3=NCCCN3)cc2)COC1. The van der Waals surface area contributed by atoms with Gasteiger partial charge in [0.25, 0.3) is 0 Å². The fourth-order valence-electron chi connectivity index (χ4n) is 2.87. The summed E-state index contributed by atoms with van der Waals surface area (Å²) in [6.07, 6.45) is 1.02. The van der Waals surface area contributed by atoms with Gasteiger partial charge in [-0.05, 0) is 30.7 Å². The number of carbonyl (C=O) groups is 2. The third-order valence-corrected chi connectivity index (χ3v) is 4.18. The van der Waals surface area contributed by atoms with E-state index in [0.717, 1.165) is 30.9 Å². The number of ether oxygens (including phenoxy) is 3. The van der Waals surface area contributed by atoms with Crippen LogP contribution in [-0.2, 0) is 23.8 Å². The van der Waals surface area contributed by atoms with Gasteiger partial charge in [-0.3, -0.25) is 4.99 Å². The van der Waals surface area contributed by atoms with Crippen LogP contribution in [0.4, 0.5) is 5.69 Å². The van der Waals surface area contributed by atoms with Gasteiger partial charge in [0.2, 0.25) is 0 Å². The van der Waals surface area contributed by atoms with E-state index >= 15 is 0 Å². The molecule has 2 aliphatic rings. The van der Waals surface area contributed by atoms with Gasteiger partial charge in [0, 0.05) is 24.3 Å². The molecule has 0 saturated carbocycles. The zero-order valence-corrected chi connectivity index (χ0v) is 14.8. The second-order valence-electron chi connectivity index (χ2n) is 5.77. The Hall–Kier alpha value is -2.87. The van der Waals surface area contributed by atoms with Gasteiger partial charge in [-0.2, -0.15) is 0 Å². The lowest BCUT2D eigenvalue weighted by molar-refractivity contribution is -0.140. The number of anilines is 1. The van der Waals surface area contributed by atoms with Crippen LogP contribution in [0.25, 0.3) is 0 Å². The lowest BCUT2D eigenvalue weighted by atomic mass is 10.1. The highest BCUT2D eigenvalue weighted by Gasteiger charge is 2.32. The topological polar surface area (TPSA) is 89.5 Å². The molecule has 0 amide bonds. The van der Waals surface area contributed by atoms with Crippen LogP contribution in [0.1, 0.15) is 12.0 Å². The molecule has 0 radical (unpaired) electrons. The van der Waals surface area contributed by atoms with Gasteiger partial charge in [-0.1, -0.05) is 0 Å². The molecule has 1 N–H and O–H groups in total. The highest BCUT2D eigenvalue weighted by atomic mass is 16.5. The van der Waals surface area contributed by atoms with Gasteiger partial charge in [-0.15, -0.1) is 0 Å². The Morgan fingerprint density at radius 2 is 1.88 bits per heavy atom. The summed E-state index contributed by atoms with van der Waals surface area (Å²) in [5.41, 5.74) is 1.93. The van der Waals surface area contributed by atoms with Crippen molar-refractivity contribution in [3.8, 4) is 0 Å². The van der Waals surface area contributed by atoms with Crippen LogP contribution in [0, 0.1) is 0 Å². The van der Waals surface area contributed by atoms with Crippen molar-refractivity contribution >= 4 is 23.5 Å². The fourth-order valence-corrected chi connectivity index (χ4v) is 2.87. The fraction of sp³-hybridized carbons (Fsp3) is 0.389. The van der Waals surface area contributed by atoms with E-state index in [9.17, 15) is 9.59 Å². The maximum absolute atomic E-state index is 12.3. The largest absolute Gasteiger partial charge is 0.466 e. The van der Waals surface area contributed by atoms with Crippen LogP contribution in [0.15, 0.2) is 40.5 Å². The van der Waals surface area contributed by atoms with Gasteiger partial charge in [-0.25, -0.2) is 9.59 Å². The molecule has 26 heavy (non-hydrogen) atoms. The number of benzene rings is 1. The lowest BCUT2D eigenvalue weighted by Crippen LogP contribution is -2.38. The minimum absolute atomic E-state index is 0.00752. The predicted molar refractivity (Wildman–Crippen MR) is 94.8 cm³/mol. The van der Waals surface area contributed by atoms with Crippen molar-refractivity contribution in [2.24, 2.45) is 4.99 Å². The average Bonchev–Trinajstić information content (AvgIpc) is 2.72. The minimum atomic E-state index is -0.618. The number of carbonyl (C=O) groups excluding carboxylic acids is 2. The molecule has 3 rings (SSSR count). The number of aliphatic imine (C=N–C) groups is 1. The van der Waals surface area contributed by atoms with Crippen molar-refractivity contribution in [3.63, 3.8) is 0 Å². The first kappa shape index (κ1) is 17.9. The van der Waals surface area contributed by atoms with E-state index < -0.39 is 11.9 Å². The second-order valence-corrected chi connectivity index (χ2v) is 5.77. The Kier molecular flexibility index (Phi) is 5.52. The van der Waals surface area contributed by atoms with Crippen LogP contribution in [0.5, 0.6) is 0 Å². The Balaban J connectivity index is 1.94. The molecule has 0 aromatic heterocycles. The predicted octanol–water partition coefficient (Wildman–Crippen LogP) is 0.821. The number of hydrogen-bond acceptors (Lipinski definition) is 8. The van der Waals surface area contributed by atoms with Crippen LogP contribution in [-0.4, -0.2) is 58.4 Å². The molecule has 1 aromatic rings. The first-order valence-electron chi connectivity index (χ1n) is 8.29. The normalized spacial score (nSPS) is 17.3. The van der Waals surface area contributed by atoms with Crippen LogP contribution >= 0.6 is 0 Å². The van der Waals surface area contributed by atoms with Crippen molar-refractivity contribution in [3.05, 3.63) is 41.1 Å². The summed E-state index contributed by atoms with van der Waals surface area (Å²) in [7, 11) is 2.53. The van der Waals surface area contributed by atoms with E-state index in [1.54, 1.807) is 4.90 Å². The minimum Gasteiger partial charge on any atom is -0.466 e. The highest BCUT2D eigenvalue weighted by Crippen LogP contribution is 2.27. The van der Waals surface area contributed by atoms with Crippen LogP contribution < -0.4 is 10.2 Å². The molecule has 2 aliphatic heterocycles. The van der Waals surface area contributed by atoms with Crippen molar-refractivity contribution in [2.75, 3.05) is 45.5 Å². The summed E-state index contributed by atoms with van der Waals surface area (Å²) < 4.78 is 15.1. The number of nitrogens with zero attached hydrogens (tertiary/aromatic N) is 2. The molecule has 8 heteroatoms. The number of rotatable bonds is 4. The van der Waals surface area contributed by atoms with Gasteiger partial charge in [0.1, 0.15) is 18.3 Å².